The number of nitrogens with zero attached hydrogens (tertiary/aromatic N) is 2. The molecule has 0 atom stereocenters. The van der Waals surface area contributed by atoms with Gasteiger partial charge in [0.2, 0.25) is 5.56 Å². The second-order valence-electron chi connectivity index (χ2n) is 4.87. The number of hydrogen-bond donors (Lipinski definition) is 2. The maximum Gasteiger partial charge on any atom is 0.250 e. The second kappa shape index (κ2) is 5.66. The van der Waals surface area contributed by atoms with E-state index in [-0.39, 0.29) is 5.56 Å². The predicted octanol–water partition coefficient (Wildman–Crippen LogP) is 2.39. The SMILES string of the molecule is Cn1cc(-c2c[nH]c(=O)cc2NCc2ccccc2)cn1. The highest BCUT2D eigenvalue weighted by molar-refractivity contribution is 5.76. The molecule has 0 aliphatic carbocycles. The zero-order chi connectivity index (χ0) is 14.7. The predicted molar refractivity (Wildman–Crippen MR) is 83.0 cm³/mol. The highest BCUT2D eigenvalue weighted by atomic mass is 16.1. The standard InChI is InChI=1S/C16H16N4O/c1-20-11-13(9-19-20)14-10-18-16(21)7-15(14)17-8-12-5-3-2-4-6-12/h2-7,9-11H,8H2,1H3,(H2,17,18,21). The number of aryl methyl sites for hydroxylation is 1. The summed E-state index contributed by atoms with van der Waals surface area (Å²) in [6.45, 7) is 0.664. The van der Waals surface area contributed by atoms with Gasteiger partial charge in [-0.05, 0) is 5.56 Å². The summed E-state index contributed by atoms with van der Waals surface area (Å²) in [5.41, 5.74) is 3.73. The summed E-state index contributed by atoms with van der Waals surface area (Å²) in [7, 11) is 1.87. The van der Waals surface area contributed by atoms with E-state index in [2.05, 4.69) is 15.4 Å². The van der Waals surface area contributed by atoms with Gasteiger partial charge in [0.05, 0.1) is 6.20 Å². The molecule has 21 heavy (non-hydrogen) atoms. The molecule has 1 aromatic carbocycles. The Morgan fingerprint density at radius 3 is 2.81 bits per heavy atom. The minimum atomic E-state index is -0.127. The first-order valence-electron chi connectivity index (χ1n) is 6.72. The van der Waals surface area contributed by atoms with E-state index in [1.165, 1.54) is 0 Å². The van der Waals surface area contributed by atoms with Crippen LogP contribution in [0.2, 0.25) is 0 Å². The largest absolute Gasteiger partial charge is 0.380 e. The molecule has 0 unspecified atom stereocenters. The molecule has 3 aromatic rings. The number of benzene rings is 1. The first-order valence-corrected chi connectivity index (χ1v) is 6.72. The van der Waals surface area contributed by atoms with E-state index in [4.69, 9.17) is 0 Å². The Balaban J connectivity index is 1.90. The van der Waals surface area contributed by atoms with E-state index < -0.39 is 0 Å². The first-order chi connectivity index (χ1) is 10.2. The summed E-state index contributed by atoms with van der Waals surface area (Å²) in [5, 5.41) is 7.49. The highest BCUT2D eigenvalue weighted by Gasteiger charge is 2.08. The van der Waals surface area contributed by atoms with Crippen LogP contribution in [0.25, 0.3) is 11.1 Å². The third kappa shape index (κ3) is 3.02. The van der Waals surface area contributed by atoms with E-state index in [1.54, 1.807) is 23.1 Å². The number of hydrogen-bond acceptors (Lipinski definition) is 3. The van der Waals surface area contributed by atoms with Crippen LogP contribution in [0.15, 0.2) is 59.8 Å². The molecule has 0 saturated carbocycles. The Bertz CT molecular complexity index is 789. The fraction of sp³-hybridized carbons (Fsp3) is 0.125. The Hall–Kier alpha value is -2.82. The maximum absolute atomic E-state index is 11.6. The second-order valence-corrected chi connectivity index (χ2v) is 4.87. The van der Waals surface area contributed by atoms with Gasteiger partial charge < -0.3 is 10.3 Å². The van der Waals surface area contributed by atoms with Crippen LogP contribution in [0.1, 0.15) is 5.56 Å². The first kappa shape index (κ1) is 13.2. The fourth-order valence-electron chi connectivity index (χ4n) is 2.21. The number of anilines is 1. The molecule has 2 heterocycles. The average molecular weight is 280 g/mol. The topological polar surface area (TPSA) is 62.7 Å². The normalized spacial score (nSPS) is 10.5. The van der Waals surface area contributed by atoms with Gasteiger partial charge in [0, 0.05) is 48.9 Å². The van der Waals surface area contributed by atoms with Crippen molar-refractivity contribution >= 4 is 5.69 Å². The summed E-state index contributed by atoms with van der Waals surface area (Å²) >= 11 is 0. The molecule has 106 valence electrons. The van der Waals surface area contributed by atoms with Crippen molar-refractivity contribution in [3.8, 4) is 11.1 Å². The number of aromatic nitrogens is 3. The number of H-pyrrole nitrogens is 1. The van der Waals surface area contributed by atoms with Crippen molar-refractivity contribution in [2.75, 3.05) is 5.32 Å². The van der Waals surface area contributed by atoms with Gasteiger partial charge in [-0.3, -0.25) is 9.48 Å². The molecule has 5 heteroatoms. The summed E-state index contributed by atoms with van der Waals surface area (Å²) < 4.78 is 1.74. The van der Waals surface area contributed by atoms with Crippen molar-refractivity contribution in [1.29, 1.82) is 0 Å². The van der Waals surface area contributed by atoms with Gasteiger partial charge in [-0.25, -0.2) is 0 Å². The van der Waals surface area contributed by atoms with Crippen molar-refractivity contribution in [3.63, 3.8) is 0 Å². The molecule has 0 aliphatic rings. The van der Waals surface area contributed by atoms with Crippen molar-refractivity contribution in [2.45, 2.75) is 6.54 Å². The number of nitrogens with one attached hydrogen (secondary N) is 2. The summed E-state index contributed by atoms with van der Waals surface area (Å²) in [6, 6.07) is 11.6. The molecule has 5 nitrogen and oxygen atoms in total. The number of rotatable bonds is 4. The van der Waals surface area contributed by atoms with Gasteiger partial charge in [-0.15, -0.1) is 0 Å². The van der Waals surface area contributed by atoms with Crippen LogP contribution in [0.3, 0.4) is 0 Å². The smallest absolute Gasteiger partial charge is 0.250 e. The molecule has 0 fully saturated rings. The van der Waals surface area contributed by atoms with Crippen molar-refractivity contribution in [3.05, 3.63) is 70.9 Å². The van der Waals surface area contributed by atoms with Crippen LogP contribution < -0.4 is 10.9 Å². The molecule has 0 amide bonds. The van der Waals surface area contributed by atoms with Gasteiger partial charge >= 0.3 is 0 Å². The minimum Gasteiger partial charge on any atom is -0.380 e. The third-order valence-corrected chi connectivity index (χ3v) is 3.27. The Morgan fingerprint density at radius 2 is 2.10 bits per heavy atom. The van der Waals surface area contributed by atoms with Gasteiger partial charge in [-0.1, -0.05) is 30.3 Å². The summed E-state index contributed by atoms with van der Waals surface area (Å²) in [6.07, 6.45) is 5.41. The Kier molecular flexibility index (Phi) is 3.55. The van der Waals surface area contributed by atoms with Crippen LogP contribution in [-0.4, -0.2) is 14.8 Å². The van der Waals surface area contributed by atoms with Crippen molar-refractivity contribution in [2.24, 2.45) is 7.05 Å². The van der Waals surface area contributed by atoms with E-state index >= 15 is 0 Å². The molecule has 0 saturated heterocycles. The van der Waals surface area contributed by atoms with Crippen molar-refractivity contribution < 1.29 is 0 Å². The van der Waals surface area contributed by atoms with Crippen LogP contribution in [-0.2, 0) is 13.6 Å². The van der Waals surface area contributed by atoms with E-state index in [1.807, 2.05) is 43.6 Å². The van der Waals surface area contributed by atoms with Crippen LogP contribution >= 0.6 is 0 Å². The Labute approximate surface area is 122 Å². The lowest BCUT2D eigenvalue weighted by Crippen LogP contribution is -2.08. The van der Waals surface area contributed by atoms with Crippen LogP contribution in [0.4, 0.5) is 5.69 Å². The highest BCUT2D eigenvalue weighted by Crippen LogP contribution is 2.25. The van der Waals surface area contributed by atoms with E-state index in [9.17, 15) is 4.79 Å². The molecular weight excluding hydrogens is 264 g/mol. The number of aromatic amines is 1. The lowest BCUT2D eigenvalue weighted by molar-refractivity contribution is 0.768. The molecule has 0 aliphatic heterocycles. The zero-order valence-corrected chi connectivity index (χ0v) is 11.7. The van der Waals surface area contributed by atoms with Crippen LogP contribution in [0, 0.1) is 0 Å². The number of pyridine rings is 1. The molecule has 2 aromatic heterocycles. The summed E-state index contributed by atoms with van der Waals surface area (Å²) in [4.78, 5) is 14.3. The molecule has 0 bridgehead atoms. The molecule has 0 spiro atoms. The maximum atomic E-state index is 11.6. The van der Waals surface area contributed by atoms with Gasteiger partial charge in [0.15, 0.2) is 0 Å². The minimum absolute atomic E-state index is 0.127. The van der Waals surface area contributed by atoms with Crippen LogP contribution in [0.5, 0.6) is 0 Å². The van der Waals surface area contributed by atoms with Gasteiger partial charge in [-0.2, -0.15) is 5.10 Å². The van der Waals surface area contributed by atoms with E-state index in [0.717, 1.165) is 22.4 Å². The molecule has 0 radical (unpaired) electrons. The van der Waals surface area contributed by atoms with E-state index in [0.29, 0.717) is 6.54 Å². The van der Waals surface area contributed by atoms with Gasteiger partial charge in [0.25, 0.3) is 0 Å². The lowest BCUT2D eigenvalue weighted by atomic mass is 10.1. The average Bonchev–Trinajstić information content (AvgIpc) is 2.93. The fourth-order valence-corrected chi connectivity index (χ4v) is 2.21. The molecule has 2 N–H and O–H groups in total. The zero-order valence-electron chi connectivity index (χ0n) is 11.7. The molecular formula is C16H16N4O. The monoisotopic (exact) mass is 280 g/mol. The lowest BCUT2D eigenvalue weighted by Gasteiger charge is -2.10. The Morgan fingerprint density at radius 1 is 1.29 bits per heavy atom. The summed E-state index contributed by atoms with van der Waals surface area (Å²) in [5.74, 6) is 0. The quantitative estimate of drug-likeness (QED) is 0.771. The van der Waals surface area contributed by atoms with Crippen molar-refractivity contribution in [1.82, 2.24) is 14.8 Å². The molecule has 3 rings (SSSR count). The third-order valence-electron chi connectivity index (χ3n) is 3.27. The van der Waals surface area contributed by atoms with Gasteiger partial charge in [0.1, 0.15) is 0 Å².